The first-order valence-electron chi connectivity index (χ1n) is 10.1. The molecule has 0 unspecified atom stereocenters. The number of amides is 1. The van der Waals surface area contributed by atoms with Crippen molar-refractivity contribution in [3.05, 3.63) is 0 Å². The van der Waals surface area contributed by atoms with Crippen LogP contribution in [0, 0.1) is 0 Å². The van der Waals surface area contributed by atoms with Gasteiger partial charge in [-0.1, -0.05) is 78.1 Å². The molecule has 1 aliphatic rings. The number of carbonyl (C=O) groups is 1. The molecule has 0 aromatic heterocycles. The molecule has 22 heavy (non-hydrogen) atoms. The van der Waals surface area contributed by atoms with Crippen LogP contribution in [0.25, 0.3) is 0 Å². The second-order valence-electron chi connectivity index (χ2n) is 7.10. The molecule has 1 amide bonds. The van der Waals surface area contributed by atoms with E-state index in [4.69, 9.17) is 0 Å². The van der Waals surface area contributed by atoms with E-state index in [1.807, 2.05) is 0 Å². The molecule has 0 aromatic rings. The molecule has 1 heterocycles. The van der Waals surface area contributed by atoms with Gasteiger partial charge in [0.2, 0.25) is 5.91 Å². The maximum absolute atomic E-state index is 12.2. The number of carbonyl (C=O) groups excluding carboxylic acids is 1. The van der Waals surface area contributed by atoms with Crippen LogP contribution in [0.15, 0.2) is 0 Å². The van der Waals surface area contributed by atoms with Crippen molar-refractivity contribution in [3.63, 3.8) is 0 Å². The topological polar surface area (TPSA) is 20.3 Å². The van der Waals surface area contributed by atoms with Crippen molar-refractivity contribution >= 4 is 5.91 Å². The van der Waals surface area contributed by atoms with Crippen LogP contribution >= 0.6 is 0 Å². The van der Waals surface area contributed by atoms with E-state index in [0.29, 0.717) is 11.9 Å². The average Bonchev–Trinajstić information content (AvgIpc) is 2.53. The summed E-state index contributed by atoms with van der Waals surface area (Å²) in [5.74, 6) is 0.429. The van der Waals surface area contributed by atoms with Crippen LogP contribution in [-0.2, 0) is 4.79 Å². The van der Waals surface area contributed by atoms with Crippen LogP contribution in [0.1, 0.15) is 110 Å². The molecule has 0 radical (unpaired) electrons. The third kappa shape index (κ3) is 8.19. The minimum absolute atomic E-state index is 0.429. The minimum Gasteiger partial charge on any atom is -0.340 e. The highest BCUT2D eigenvalue weighted by Crippen LogP contribution is 2.22. The second kappa shape index (κ2) is 13.0. The van der Waals surface area contributed by atoms with Gasteiger partial charge in [-0.05, 0) is 25.7 Å². The number of piperidine rings is 1. The first-order valence-corrected chi connectivity index (χ1v) is 10.1. The largest absolute Gasteiger partial charge is 0.340 e. The van der Waals surface area contributed by atoms with Crippen LogP contribution in [0.4, 0.5) is 0 Å². The lowest BCUT2D eigenvalue weighted by molar-refractivity contribution is -0.136. The van der Waals surface area contributed by atoms with Gasteiger partial charge < -0.3 is 4.90 Å². The third-order valence-electron chi connectivity index (χ3n) is 5.08. The van der Waals surface area contributed by atoms with E-state index in [0.717, 1.165) is 19.4 Å². The highest BCUT2D eigenvalue weighted by molar-refractivity contribution is 5.77. The Morgan fingerprint density at radius 1 is 0.818 bits per heavy atom. The lowest BCUT2D eigenvalue weighted by Crippen LogP contribution is -2.43. The zero-order valence-corrected chi connectivity index (χ0v) is 15.2. The Balaban J connectivity index is 2.33. The molecule has 1 saturated heterocycles. The molecule has 130 valence electrons. The number of hydrogen-bond donors (Lipinski definition) is 0. The molecule has 1 fully saturated rings. The number of likely N-dealkylation sites (tertiary alicyclic amines) is 1. The molecule has 0 saturated carbocycles. The fourth-order valence-electron chi connectivity index (χ4n) is 3.64. The highest BCUT2D eigenvalue weighted by atomic mass is 16.2. The Bertz CT molecular complexity index is 263. The maximum Gasteiger partial charge on any atom is 0.222 e. The summed E-state index contributed by atoms with van der Waals surface area (Å²) >= 11 is 0. The van der Waals surface area contributed by atoms with Crippen LogP contribution in [0.2, 0.25) is 0 Å². The summed E-state index contributed by atoms with van der Waals surface area (Å²) in [7, 11) is 0. The summed E-state index contributed by atoms with van der Waals surface area (Å²) in [5.41, 5.74) is 0. The lowest BCUT2D eigenvalue weighted by Gasteiger charge is -2.35. The summed E-state index contributed by atoms with van der Waals surface area (Å²) in [6.07, 6.45) is 19.0. The van der Waals surface area contributed by atoms with E-state index < -0.39 is 0 Å². The van der Waals surface area contributed by atoms with Crippen molar-refractivity contribution < 1.29 is 4.79 Å². The SMILES string of the molecule is CCCCCCCC(CCCCCCC)N1CCCCC1=O. The molecule has 1 rings (SSSR count). The molecular formula is C20H39NO. The Morgan fingerprint density at radius 3 is 1.86 bits per heavy atom. The lowest BCUT2D eigenvalue weighted by atomic mass is 9.97. The van der Waals surface area contributed by atoms with Gasteiger partial charge in [0.1, 0.15) is 0 Å². The fraction of sp³-hybridized carbons (Fsp3) is 0.950. The number of unbranched alkanes of at least 4 members (excludes halogenated alkanes) is 8. The van der Waals surface area contributed by atoms with E-state index in [1.165, 1.54) is 83.5 Å². The highest BCUT2D eigenvalue weighted by Gasteiger charge is 2.25. The van der Waals surface area contributed by atoms with Gasteiger partial charge in [-0.2, -0.15) is 0 Å². The van der Waals surface area contributed by atoms with Gasteiger partial charge in [0, 0.05) is 19.0 Å². The van der Waals surface area contributed by atoms with Crippen LogP contribution in [0.5, 0.6) is 0 Å². The molecular weight excluding hydrogens is 270 g/mol. The van der Waals surface area contributed by atoms with Crippen molar-refractivity contribution in [2.24, 2.45) is 0 Å². The fourth-order valence-corrected chi connectivity index (χ4v) is 3.64. The zero-order valence-electron chi connectivity index (χ0n) is 15.2. The Morgan fingerprint density at radius 2 is 1.36 bits per heavy atom. The zero-order chi connectivity index (χ0) is 16.0. The number of hydrogen-bond acceptors (Lipinski definition) is 1. The summed E-state index contributed by atoms with van der Waals surface area (Å²) in [6, 6.07) is 0.538. The quantitative estimate of drug-likeness (QED) is 0.377. The predicted octanol–water partition coefficient (Wildman–Crippen LogP) is 6.09. The van der Waals surface area contributed by atoms with Crippen molar-refractivity contribution in [3.8, 4) is 0 Å². The van der Waals surface area contributed by atoms with Crippen LogP contribution < -0.4 is 0 Å². The van der Waals surface area contributed by atoms with Crippen LogP contribution in [0.3, 0.4) is 0 Å². The molecule has 0 aliphatic carbocycles. The van der Waals surface area contributed by atoms with Crippen molar-refractivity contribution in [2.45, 2.75) is 116 Å². The molecule has 1 aliphatic heterocycles. The van der Waals surface area contributed by atoms with E-state index in [1.54, 1.807) is 0 Å². The molecule has 2 nitrogen and oxygen atoms in total. The molecule has 0 bridgehead atoms. The van der Waals surface area contributed by atoms with Gasteiger partial charge in [-0.15, -0.1) is 0 Å². The van der Waals surface area contributed by atoms with E-state index >= 15 is 0 Å². The van der Waals surface area contributed by atoms with Crippen molar-refractivity contribution in [2.75, 3.05) is 6.54 Å². The van der Waals surface area contributed by atoms with E-state index in [2.05, 4.69) is 18.7 Å². The average molecular weight is 310 g/mol. The predicted molar refractivity (Wildman–Crippen MR) is 96.1 cm³/mol. The smallest absolute Gasteiger partial charge is 0.222 e. The molecule has 0 spiro atoms. The third-order valence-corrected chi connectivity index (χ3v) is 5.08. The summed E-state index contributed by atoms with van der Waals surface area (Å²) in [4.78, 5) is 14.5. The van der Waals surface area contributed by atoms with Gasteiger partial charge in [0.05, 0.1) is 0 Å². The summed E-state index contributed by atoms with van der Waals surface area (Å²) < 4.78 is 0. The maximum atomic E-state index is 12.2. The summed E-state index contributed by atoms with van der Waals surface area (Å²) in [5, 5.41) is 0. The molecule has 0 aromatic carbocycles. The van der Waals surface area contributed by atoms with Gasteiger partial charge >= 0.3 is 0 Å². The Kier molecular flexibility index (Phi) is 11.5. The first-order chi connectivity index (χ1) is 10.8. The van der Waals surface area contributed by atoms with Crippen molar-refractivity contribution in [1.82, 2.24) is 4.90 Å². The van der Waals surface area contributed by atoms with E-state index in [-0.39, 0.29) is 0 Å². The van der Waals surface area contributed by atoms with Gasteiger partial charge in [-0.25, -0.2) is 0 Å². The van der Waals surface area contributed by atoms with Gasteiger partial charge in [0.25, 0.3) is 0 Å². The molecule has 2 heteroatoms. The summed E-state index contributed by atoms with van der Waals surface area (Å²) in [6.45, 7) is 5.56. The van der Waals surface area contributed by atoms with Gasteiger partial charge in [-0.3, -0.25) is 4.79 Å². The molecule has 0 atom stereocenters. The monoisotopic (exact) mass is 309 g/mol. The Labute approximate surface area is 139 Å². The normalized spacial score (nSPS) is 15.8. The number of nitrogens with zero attached hydrogens (tertiary/aromatic N) is 1. The Hall–Kier alpha value is -0.530. The van der Waals surface area contributed by atoms with Crippen molar-refractivity contribution in [1.29, 1.82) is 0 Å². The van der Waals surface area contributed by atoms with Crippen LogP contribution in [-0.4, -0.2) is 23.4 Å². The second-order valence-corrected chi connectivity index (χ2v) is 7.10. The number of rotatable bonds is 13. The standard InChI is InChI=1S/C20H39NO/c1-3-5-7-9-11-15-19(16-12-10-8-6-4-2)21-18-14-13-17-20(21)22/h19H,3-18H2,1-2H3. The first kappa shape index (κ1) is 19.5. The minimum atomic E-state index is 0.429. The molecule has 0 N–H and O–H groups in total. The van der Waals surface area contributed by atoms with Gasteiger partial charge in [0.15, 0.2) is 0 Å². The van der Waals surface area contributed by atoms with E-state index in [9.17, 15) is 4.79 Å².